The minimum absolute atomic E-state index is 0.121. The van der Waals surface area contributed by atoms with Gasteiger partial charge in [-0.2, -0.15) is 0 Å². The Bertz CT molecular complexity index is 586. The molecule has 0 fully saturated rings. The molecule has 1 N–H and O–H groups in total. The monoisotopic (exact) mass is 296 g/mol. The summed E-state index contributed by atoms with van der Waals surface area (Å²) in [4.78, 5) is 18.2. The third kappa shape index (κ3) is 2.88. The summed E-state index contributed by atoms with van der Waals surface area (Å²) in [5, 5.41) is 11.2. The second kappa shape index (κ2) is 5.59. The van der Waals surface area contributed by atoms with Crippen molar-refractivity contribution in [3.05, 3.63) is 45.2 Å². The van der Waals surface area contributed by atoms with Gasteiger partial charge in [-0.05, 0) is 30.5 Å². The Kier molecular flexibility index (Phi) is 4.07. The lowest BCUT2D eigenvalue weighted by Crippen LogP contribution is -2.22. The van der Waals surface area contributed by atoms with E-state index in [1.807, 2.05) is 36.4 Å². The maximum atomic E-state index is 11.0. The zero-order valence-corrected chi connectivity index (χ0v) is 12.1. The first-order valence-electron chi connectivity index (χ1n) is 5.66. The average molecular weight is 297 g/mol. The number of aromatic carboxylic acids is 1. The fourth-order valence-electron chi connectivity index (χ4n) is 1.70. The van der Waals surface area contributed by atoms with Crippen molar-refractivity contribution < 1.29 is 9.90 Å². The fourth-order valence-corrected chi connectivity index (χ4v) is 2.71. The van der Waals surface area contributed by atoms with Crippen molar-refractivity contribution in [1.29, 1.82) is 0 Å². The molecule has 0 spiro atoms. The van der Waals surface area contributed by atoms with Crippen molar-refractivity contribution in [2.75, 3.05) is 11.9 Å². The molecule has 0 saturated carbocycles. The lowest BCUT2D eigenvalue weighted by atomic mass is 10.2. The number of aromatic nitrogens is 1. The summed E-state index contributed by atoms with van der Waals surface area (Å²) in [7, 11) is 1.88. The van der Waals surface area contributed by atoms with E-state index >= 15 is 0 Å². The first kappa shape index (κ1) is 13.8. The number of carboxylic acids is 1. The second-order valence-corrected chi connectivity index (χ2v) is 5.49. The normalized spacial score (nSPS) is 12.2. The summed E-state index contributed by atoms with van der Waals surface area (Å²) < 4.78 is 0. The largest absolute Gasteiger partial charge is 0.476 e. The quantitative estimate of drug-likeness (QED) is 0.935. The molecule has 2 aromatic rings. The van der Waals surface area contributed by atoms with Crippen molar-refractivity contribution in [2.45, 2.75) is 13.0 Å². The minimum atomic E-state index is -1.12. The number of carbonyl (C=O) groups is 1. The lowest BCUT2D eigenvalue weighted by molar-refractivity contribution is 0.0691. The first-order valence-corrected chi connectivity index (χ1v) is 6.92. The molecule has 2 rings (SSSR count). The molecule has 0 saturated heterocycles. The van der Waals surface area contributed by atoms with E-state index in [1.165, 1.54) is 4.88 Å². The molecule has 1 atom stereocenters. The van der Waals surface area contributed by atoms with E-state index in [0.717, 1.165) is 0 Å². The molecular weight excluding hydrogens is 284 g/mol. The van der Waals surface area contributed by atoms with Gasteiger partial charge in [0, 0.05) is 11.9 Å². The van der Waals surface area contributed by atoms with Gasteiger partial charge < -0.3 is 10.0 Å². The Morgan fingerprint density at radius 2 is 2.21 bits per heavy atom. The van der Waals surface area contributed by atoms with Gasteiger partial charge in [-0.25, -0.2) is 9.78 Å². The lowest BCUT2D eigenvalue weighted by Gasteiger charge is -2.25. The molecule has 2 heterocycles. The molecule has 1 unspecified atom stereocenters. The Morgan fingerprint density at radius 1 is 1.47 bits per heavy atom. The highest BCUT2D eigenvalue weighted by atomic mass is 35.5. The van der Waals surface area contributed by atoms with Crippen LogP contribution in [0, 0.1) is 0 Å². The van der Waals surface area contributed by atoms with Crippen molar-refractivity contribution in [1.82, 2.24) is 4.98 Å². The molecule has 0 radical (unpaired) electrons. The molecule has 0 amide bonds. The van der Waals surface area contributed by atoms with Gasteiger partial charge in [0.2, 0.25) is 0 Å². The van der Waals surface area contributed by atoms with E-state index in [2.05, 4.69) is 4.98 Å². The van der Waals surface area contributed by atoms with Crippen molar-refractivity contribution in [3.8, 4) is 0 Å². The van der Waals surface area contributed by atoms with Gasteiger partial charge in [0.15, 0.2) is 5.69 Å². The van der Waals surface area contributed by atoms with Crippen LogP contribution in [0.1, 0.15) is 28.3 Å². The molecule has 0 aliphatic heterocycles. The standard InChI is InChI=1S/C13H13ClN2O2S/c1-8(10-4-3-7-19-10)16(2)11-6-5-9(14)12(15-11)13(17)18/h3-8H,1-2H3,(H,17,18). The van der Waals surface area contributed by atoms with E-state index in [1.54, 1.807) is 23.5 Å². The first-order chi connectivity index (χ1) is 9.00. The van der Waals surface area contributed by atoms with Crippen LogP contribution in [0.3, 0.4) is 0 Å². The van der Waals surface area contributed by atoms with Crippen molar-refractivity contribution in [3.63, 3.8) is 0 Å². The second-order valence-electron chi connectivity index (χ2n) is 4.11. The highest BCUT2D eigenvalue weighted by Crippen LogP contribution is 2.28. The van der Waals surface area contributed by atoms with Crippen LogP contribution in [0.4, 0.5) is 5.82 Å². The molecule has 100 valence electrons. The van der Waals surface area contributed by atoms with Crippen LogP contribution in [0.15, 0.2) is 29.6 Å². The van der Waals surface area contributed by atoms with Crippen LogP contribution in [-0.4, -0.2) is 23.1 Å². The molecular formula is C13H13ClN2O2S. The summed E-state index contributed by atoms with van der Waals surface area (Å²) >= 11 is 7.47. The summed E-state index contributed by atoms with van der Waals surface area (Å²) in [6.45, 7) is 2.04. The van der Waals surface area contributed by atoms with Crippen molar-refractivity contribution in [2.24, 2.45) is 0 Å². The number of hydrogen-bond donors (Lipinski definition) is 1. The highest BCUT2D eigenvalue weighted by molar-refractivity contribution is 7.10. The summed E-state index contributed by atoms with van der Waals surface area (Å²) in [6, 6.07) is 7.43. The Labute approximate surface area is 120 Å². The smallest absolute Gasteiger partial charge is 0.356 e. The van der Waals surface area contributed by atoms with Crippen molar-refractivity contribution >= 4 is 34.7 Å². The van der Waals surface area contributed by atoms with E-state index in [4.69, 9.17) is 16.7 Å². The van der Waals surface area contributed by atoms with Crippen LogP contribution < -0.4 is 4.90 Å². The fraction of sp³-hybridized carbons (Fsp3) is 0.231. The molecule has 0 aliphatic carbocycles. The number of anilines is 1. The number of nitrogens with zero attached hydrogens (tertiary/aromatic N) is 2. The predicted octanol–water partition coefficient (Wildman–Crippen LogP) is 3.69. The topological polar surface area (TPSA) is 53.4 Å². The number of rotatable bonds is 4. The maximum absolute atomic E-state index is 11.0. The van der Waals surface area contributed by atoms with Gasteiger partial charge in [-0.15, -0.1) is 11.3 Å². The van der Waals surface area contributed by atoms with Crippen LogP contribution in [0.25, 0.3) is 0 Å². The van der Waals surface area contributed by atoms with Gasteiger partial charge in [0.25, 0.3) is 0 Å². The summed E-state index contributed by atoms with van der Waals surface area (Å²) in [5.74, 6) is -0.535. The zero-order valence-electron chi connectivity index (χ0n) is 10.5. The number of carboxylic acid groups (broad SMARTS) is 1. The molecule has 2 aromatic heterocycles. The van der Waals surface area contributed by atoms with E-state index in [9.17, 15) is 4.79 Å². The molecule has 0 aromatic carbocycles. The summed E-state index contributed by atoms with van der Waals surface area (Å²) in [6.07, 6.45) is 0. The van der Waals surface area contributed by atoms with Gasteiger partial charge in [0.05, 0.1) is 11.1 Å². The van der Waals surface area contributed by atoms with E-state index < -0.39 is 5.97 Å². The summed E-state index contributed by atoms with van der Waals surface area (Å²) in [5.41, 5.74) is -0.121. The third-order valence-electron chi connectivity index (χ3n) is 2.93. The Morgan fingerprint density at radius 3 is 2.79 bits per heavy atom. The van der Waals surface area contributed by atoms with Crippen LogP contribution >= 0.6 is 22.9 Å². The van der Waals surface area contributed by atoms with E-state index in [-0.39, 0.29) is 16.8 Å². The number of pyridine rings is 1. The minimum Gasteiger partial charge on any atom is -0.476 e. The SMILES string of the molecule is CC(c1cccs1)N(C)c1ccc(Cl)c(C(=O)O)n1. The van der Waals surface area contributed by atoms with Gasteiger partial charge in [0.1, 0.15) is 5.82 Å². The Balaban J connectivity index is 2.31. The zero-order chi connectivity index (χ0) is 14.0. The third-order valence-corrected chi connectivity index (χ3v) is 4.28. The van der Waals surface area contributed by atoms with Gasteiger partial charge in [-0.3, -0.25) is 0 Å². The average Bonchev–Trinajstić information content (AvgIpc) is 2.91. The molecule has 4 nitrogen and oxygen atoms in total. The van der Waals surface area contributed by atoms with Crippen LogP contribution in [0.2, 0.25) is 5.02 Å². The maximum Gasteiger partial charge on any atom is 0.356 e. The molecule has 19 heavy (non-hydrogen) atoms. The number of thiophene rings is 1. The number of halogens is 1. The molecule has 0 aliphatic rings. The molecule has 6 heteroatoms. The van der Waals surface area contributed by atoms with Crippen LogP contribution in [0.5, 0.6) is 0 Å². The number of hydrogen-bond acceptors (Lipinski definition) is 4. The van der Waals surface area contributed by atoms with E-state index in [0.29, 0.717) is 5.82 Å². The molecule has 0 bridgehead atoms. The van der Waals surface area contributed by atoms with Crippen LogP contribution in [-0.2, 0) is 0 Å². The van der Waals surface area contributed by atoms with Gasteiger partial charge in [-0.1, -0.05) is 17.7 Å². The van der Waals surface area contributed by atoms with Gasteiger partial charge >= 0.3 is 5.97 Å². The highest BCUT2D eigenvalue weighted by Gasteiger charge is 2.17. The Hall–Kier alpha value is -1.59. The predicted molar refractivity (Wildman–Crippen MR) is 77.3 cm³/mol.